The molecule has 6 fully saturated rings. The molecular weight excluding hydrogens is 713 g/mol. The number of ketones is 2. The average molecular weight is 801 g/mol. The molecule has 0 radical (unpaired) electrons. The molecule has 2 N–H and O–H groups in total. The number of carbonyl (C=O) groups is 2. The first-order chi connectivity index (χ1) is 27.3. The van der Waals surface area contributed by atoms with Crippen LogP contribution in [0, 0.1) is 92.7 Å². The van der Waals surface area contributed by atoms with Crippen molar-refractivity contribution in [1.82, 2.24) is 0 Å². The van der Waals surface area contributed by atoms with E-state index in [4.69, 9.17) is 0 Å². The highest BCUT2D eigenvalue weighted by Crippen LogP contribution is 2.68. The molecule has 8 rings (SSSR count). The molecule has 8 aliphatic rings. The zero-order valence-electron chi connectivity index (χ0n) is 39.1. The molecule has 0 unspecified atom stereocenters. The maximum atomic E-state index is 13.4. The number of allylic oxidation sites excluding steroid dienone is 2. The fraction of sp³-hybridized carbons (Fsp3) is 0.889. The van der Waals surface area contributed by atoms with E-state index in [9.17, 15) is 19.8 Å². The highest BCUT2D eigenvalue weighted by atomic mass is 16.3. The largest absolute Gasteiger partial charge is 0.393 e. The van der Waals surface area contributed by atoms with Crippen LogP contribution in [0.2, 0.25) is 0 Å². The zero-order valence-corrected chi connectivity index (χ0v) is 39.1. The Hall–Kier alpha value is -1.26. The van der Waals surface area contributed by atoms with Gasteiger partial charge < -0.3 is 10.2 Å². The Morgan fingerprint density at radius 2 is 0.897 bits per heavy atom. The summed E-state index contributed by atoms with van der Waals surface area (Å²) in [6.45, 7) is 24.2. The van der Waals surface area contributed by atoms with Gasteiger partial charge in [-0.2, -0.15) is 0 Å². The van der Waals surface area contributed by atoms with E-state index in [1.54, 1.807) is 0 Å². The average Bonchev–Trinajstić information content (AvgIpc) is 3.70. The minimum Gasteiger partial charge on any atom is -0.393 e. The Morgan fingerprint density at radius 1 is 0.517 bits per heavy atom. The van der Waals surface area contributed by atoms with Crippen molar-refractivity contribution < 1.29 is 19.8 Å². The van der Waals surface area contributed by atoms with Crippen molar-refractivity contribution >= 4 is 11.6 Å². The van der Waals surface area contributed by atoms with Gasteiger partial charge in [-0.25, -0.2) is 0 Å². The van der Waals surface area contributed by atoms with Gasteiger partial charge >= 0.3 is 0 Å². The molecule has 58 heavy (non-hydrogen) atoms. The number of hydrogen-bond donors (Lipinski definition) is 2. The number of fused-ring (bicyclic) bond motifs is 10. The number of aliphatic hydroxyl groups excluding tert-OH is 2. The Balaban J connectivity index is 0.000000177. The molecule has 0 aromatic carbocycles. The third-order valence-corrected chi connectivity index (χ3v) is 20.2. The SMILES string of the molecule is CC(C)CCC[C@@H](C)[C@H]1CC[C@H]2[C@@H]3C(=O)C=C4C[C@@H](O)CC[C@]4(C)[C@H]3CC[C@]12C.CC(C)CCC[C@@H](C)[C@H]1CC[C@H]2[C@@H]3C(=O)C=C4C[C@@H](O)CC[C@]4(C)[C@H]3CC[C@]12C. The van der Waals surface area contributed by atoms with E-state index in [1.165, 1.54) is 101 Å². The van der Waals surface area contributed by atoms with Gasteiger partial charge in [-0.1, -0.05) is 119 Å². The fourth-order valence-corrected chi connectivity index (χ4v) is 16.8. The molecule has 0 heterocycles. The molecule has 0 aromatic rings. The van der Waals surface area contributed by atoms with Crippen molar-refractivity contribution in [2.24, 2.45) is 92.7 Å². The van der Waals surface area contributed by atoms with Gasteiger partial charge in [0.05, 0.1) is 12.2 Å². The van der Waals surface area contributed by atoms with Crippen LogP contribution in [0.5, 0.6) is 0 Å². The molecule has 328 valence electrons. The Kier molecular flexibility index (Phi) is 13.2. The van der Waals surface area contributed by atoms with Crippen LogP contribution < -0.4 is 0 Å². The monoisotopic (exact) mass is 801 g/mol. The lowest BCUT2D eigenvalue weighted by molar-refractivity contribution is -0.135. The van der Waals surface area contributed by atoms with Crippen molar-refractivity contribution in [3.8, 4) is 0 Å². The molecule has 0 spiro atoms. The third-order valence-electron chi connectivity index (χ3n) is 20.2. The molecule has 4 nitrogen and oxygen atoms in total. The van der Waals surface area contributed by atoms with Crippen LogP contribution in [0.4, 0.5) is 0 Å². The van der Waals surface area contributed by atoms with Crippen molar-refractivity contribution in [3.05, 3.63) is 23.3 Å². The topological polar surface area (TPSA) is 74.6 Å². The van der Waals surface area contributed by atoms with Gasteiger partial charge in [0.2, 0.25) is 0 Å². The van der Waals surface area contributed by atoms with Gasteiger partial charge in [0.15, 0.2) is 11.6 Å². The van der Waals surface area contributed by atoms with E-state index in [-0.39, 0.29) is 34.9 Å². The van der Waals surface area contributed by atoms with Crippen LogP contribution >= 0.6 is 0 Å². The Labute approximate surface area is 356 Å². The van der Waals surface area contributed by atoms with E-state index in [1.807, 2.05) is 12.2 Å². The number of carbonyl (C=O) groups excluding carboxylic acids is 2. The van der Waals surface area contributed by atoms with Gasteiger partial charge in [0.25, 0.3) is 0 Å². The molecule has 8 aliphatic carbocycles. The summed E-state index contributed by atoms with van der Waals surface area (Å²) in [6.07, 6.45) is 27.2. The van der Waals surface area contributed by atoms with E-state index in [0.29, 0.717) is 46.1 Å². The summed E-state index contributed by atoms with van der Waals surface area (Å²) in [4.78, 5) is 26.8. The number of rotatable bonds is 10. The van der Waals surface area contributed by atoms with Crippen molar-refractivity contribution in [3.63, 3.8) is 0 Å². The minimum atomic E-state index is -0.241. The summed E-state index contributed by atoms with van der Waals surface area (Å²) in [7, 11) is 0. The summed E-state index contributed by atoms with van der Waals surface area (Å²) in [5.41, 5.74) is 3.54. The first kappa shape index (κ1) is 44.8. The van der Waals surface area contributed by atoms with Gasteiger partial charge in [-0.05, 0) is 183 Å². The van der Waals surface area contributed by atoms with Crippen LogP contribution in [0.1, 0.15) is 198 Å². The van der Waals surface area contributed by atoms with Gasteiger partial charge in [-0.15, -0.1) is 0 Å². The van der Waals surface area contributed by atoms with Crippen LogP contribution in [0.15, 0.2) is 23.3 Å². The molecular formula is C54H88O4. The highest BCUT2D eigenvalue weighted by Gasteiger charge is 2.63. The molecule has 0 aliphatic heterocycles. The third kappa shape index (κ3) is 7.98. The van der Waals surface area contributed by atoms with E-state index >= 15 is 0 Å². The number of hydrogen-bond acceptors (Lipinski definition) is 4. The van der Waals surface area contributed by atoms with Crippen molar-refractivity contribution in [2.75, 3.05) is 0 Å². The molecule has 0 aromatic heterocycles. The molecule has 0 bridgehead atoms. The second-order valence-electron chi connectivity index (χ2n) is 24.3. The molecule has 16 atom stereocenters. The van der Waals surface area contributed by atoms with Gasteiger partial charge in [0.1, 0.15) is 0 Å². The second-order valence-corrected chi connectivity index (χ2v) is 24.3. The second kappa shape index (κ2) is 17.1. The van der Waals surface area contributed by atoms with E-state index in [2.05, 4.69) is 69.2 Å². The minimum absolute atomic E-state index is 0.153. The highest BCUT2D eigenvalue weighted by molar-refractivity contribution is 5.95. The van der Waals surface area contributed by atoms with Crippen LogP contribution in [0.25, 0.3) is 0 Å². The first-order valence-electron chi connectivity index (χ1n) is 25.2. The maximum Gasteiger partial charge on any atom is 0.159 e. The predicted octanol–water partition coefficient (Wildman–Crippen LogP) is 13.1. The maximum absolute atomic E-state index is 13.4. The van der Waals surface area contributed by atoms with Crippen LogP contribution in [0.3, 0.4) is 0 Å². The smallest absolute Gasteiger partial charge is 0.159 e. The van der Waals surface area contributed by atoms with Gasteiger partial charge in [-0.3, -0.25) is 9.59 Å². The summed E-state index contributed by atoms with van der Waals surface area (Å²) in [5.74, 6) is 8.22. The van der Waals surface area contributed by atoms with Crippen LogP contribution in [-0.4, -0.2) is 34.0 Å². The normalized spacial score (nSPS) is 45.4. The van der Waals surface area contributed by atoms with Crippen LogP contribution in [-0.2, 0) is 9.59 Å². The van der Waals surface area contributed by atoms with E-state index < -0.39 is 0 Å². The van der Waals surface area contributed by atoms with Gasteiger partial charge in [0, 0.05) is 11.8 Å². The number of aliphatic hydroxyl groups is 2. The quantitative estimate of drug-likeness (QED) is 0.231. The standard InChI is InChI=1S/2C27H44O2/c2*1-17(2)7-6-8-18(3)21-9-10-22-25-23(12-14-27(21,22)5)26(4)13-11-20(28)15-19(26)16-24(25)29/h2*16-18,20-23,25,28H,6-15H2,1-5H3/t2*18-,20+,21-,22+,23+,25+,26+,27-/m11/s1. The Morgan fingerprint density at radius 3 is 1.26 bits per heavy atom. The fourth-order valence-electron chi connectivity index (χ4n) is 16.8. The predicted molar refractivity (Wildman–Crippen MR) is 239 cm³/mol. The molecule has 4 heteroatoms. The summed E-state index contributed by atoms with van der Waals surface area (Å²) in [6, 6.07) is 0. The first-order valence-corrected chi connectivity index (χ1v) is 25.2. The molecule has 0 amide bonds. The van der Waals surface area contributed by atoms with Crippen molar-refractivity contribution in [2.45, 2.75) is 210 Å². The lowest BCUT2D eigenvalue weighted by Gasteiger charge is -2.57. The summed E-state index contributed by atoms with van der Waals surface area (Å²) >= 11 is 0. The lowest BCUT2D eigenvalue weighted by Crippen LogP contribution is -2.53. The summed E-state index contributed by atoms with van der Waals surface area (Å²) in [5, 5.41) is 20.4. The molecule has 0 saturated heterocycles. The van der Waals surface area contributed by atoms with Crippen molar-refractivity contribution in [1.29, 1.82) is 0 Å². The zero-order chi connectivity index (χ0) is 41.9. The Bertz CT molecular complexity index is 1440. The lowest BCUT2D eigenvalue weighted by atomic mass is 9.46. The molecule has 6 saturated carbocycles. The summed E-state index contributed by atoms with van der Waals surface area (Å²) < 4.78 is 0. The van der Waals surface area contributed by atoms with E-state index in [0.717, 1.165) is 74.0 Å².